The maximum atomic E-state index is 13.0. The van der Waals surface area contributed by atoms with Crippen LogP contribution in [0.2, 0.25) is 0 Å². The summed E-state index contributed by atoms with van der Waals surface area (Å²) in [7, 11) is 0. The van der Waals surface area contributed by atoms with Crippen molar-refractivity contribution in [1.29, 1.82) is 0 Å². The predicted octanol–water partition coefficient (Wildman–Crippen LogP) is 2.26. The molecule has 9 nitrogen and oxygen atoms in total. The molecule has 2 atom stereocenters. The summed E-state index contributed by atoms with van der Waals surface area (Å²) in [5.41, 5.74) is 3.52. The van der Waals surface area contributed by atoms with Gasteiger partial charge in [0.2, 0.25) is 11.8 Å². The van der Waals surface area contributed by atoms with Gasteiger partial charge in [-0.05, 0) is 36.1 Å². The Balaban J connectivity index is 1.16. The highest BCUT2D eigenvalue weighted by atomic mass is 16.5. The third kappa shape index (κ3) is 5.75. The molecule has 0 radical (unpaired) electrons. The van der Waals surface area contributed by atoms with Crippen molar-refractivity contribution < 1.29 is 24.2 Å². The first-order valence-corrected chi connectivity index (χ1v) is 13.5. The van der Waals surface area contributed by atoms with Crippen LogP contribution >= 0.6 is 0 Å². The monoisotopic (exact) mass is 520 g/mol. The zero-order valence-electron chi connectivity index (χ0n) is 21.9. The summed E-state index contributed by atoms with van der Waals surface area (Å²) >= 11 is 0. The number of aliphatic hydroxyl groups is 1. The van der Waals surface area contributed by atoms with Crippen molar-refractivity contribution >= 4 is 17.7 Å². The molecule has 2 saturated heterocycles. The summed E-state index contributed by atoms with van der Waals surface area (Å²) < 4.78 is 6.13. The van der Waals surface area contributed by atoms with Gasteiger partial charge in [0.1, 0.15) is 24.6 Å². The van der Waals surface area contributed by atoms with Crippen molar-refractivity contribution in [3.63, 3.8) is 0 Å². The molecule has 2 aromatic carbocycles. The lowest BCUT2D eigenvalue weighted by molar-refractivity contribution is -0.136. The van der Waals surface area contributed by atoms with Crippen LogP contribution in [0.3, 0.4) is 0 Å². The van der Waals surface area contributed by atoms with Crippen LogP contribution in [0.1, 0.15) is 59.7 Å². The number of hydrogen-bond donors (Lipinski definition) is 2. The molecule has 3 amide bonds. The molecule has 202 valence electrons. The number of benzene rings is 2. The molecule has 0 aliphatic carbocycles. The molecule has 9 heteroatoms. The van der Waals surface area contributed by atoms with Crippen LogP contribution in [0.15, 0.2) is 42.5 Å². The van der Waals surface area contributed by atoms with Gasteiger partial charge in [0.15, 0.2) is 0 Å². The Bertz CT molecular complexity index is 1180. The number of ether oxygens (including phenoxy) is 1. The minimum Gasteiger partial charge on any atom is -0.489 e. The van der Waals surface area contributed by atoms with E-state index in [1.54, 1.807) is 12.1 Å². The molecular formula is C29H36N4O5. The molecule has 3 aliphatic heterocycles. The third-order valence-electron chi connectivity index (χ3n) is 7.71. The molecular weight excluding hydrogens is 484 g/mol. The highest BCUT2D eigenvalue weighted by molar-refractivity contribution is 6.05. The number of carbonyl (C=O) groups excluding carboxylic acids is 3. The molecule has 0 bridgehead atoms. The van der Waals surface area contributed by atoms with Crippen LogP contribution in [0, 0.1) is 0 Å². The number of piperidine rings is 1. The number of β-amino-alcohol motifs (C(OH)–C–C–N with tert-alkyl or cyclic N) is 1. The van der Waals surface area contributed by atoms with Gasteiger partial charge in [-0.1, -0.05) is 43.7 Å². The lowest BCUT2D eigenvalue weighted by atomic mass is 10.0. The van der Waals surface area contributed by atoms with Crippen LogP contribution in [0.4, 0.5) is 0 Å². The van der Waals surface area contributed by atoms with Crippen molar-refractivity contribution in [3.8, 4) is 5.75 Å². The van der Waals surface area contributed by atoms with Gasteiger partial charge in [0.25, 0.3) is 5.91 Å². The molecule has 2 aromatic rings. The van der Waals surface area contributed by atoms with Crippen molar-refractivity contribution in [3.05, 3.63) is 64.7 Å². The number of aliphatic hydroxyl groups excluding tert-OH is 1. The quantitative estimate of drug-likeness (QED) is 0.489. The molecule has 38 heavy (non-hydrogen) atoms. The molecule has 2 fully saturated rings. The first-order chi connectivity index (χ1) is 18.4. The van der Waals surface area contributed by atoms with Gasteiger partial charge in [-0.2, -0.15) is 0 Å². The van der Waals surface area contributed by atoms with Crippen molar-refractivity contribution in [2.45, 2.75) is 64.6 Å². The number of fused-ring (bicyclic) bond motifs is 1. The Labute approximate surface area is 223 Å². The summed E-state index contributed by atoms with van der Waals surface area (Å²) in [4.78, 5) is 42.9. The van der Waals surface area contributed by atoms with Gasteiger partial charge in [-0.3, -0.25) is 29.5 Å². The Morgan fingerprint density at radius 2 is 1.84 bits per heavy atom. The van der Waals surface area contributed by atoms with Crippen LogP contribution < -0.4 is 10.1 Å². The maximum Gasteiger partial charge on any atom is 0.255 e. The minimum atomic E-state index is -0.645. The predicted molar refractivity (Wildman–Crippen MR) is 141 cm³/mol. The fourth-order valence-electron chi connectivity index (χ4n) is 5.47. The number of nitrogens with one attached hydrogen (secondary N) is 1. The second-order valence-electron chi connectivity index (χ2n) is 10.4. The summed E-state index contributed by atoms with van der Waals surface area (Å²) in [6.45, 7) is 7.05. The number of imide groups is 1. The fourth-order valence-corrected chi connectivity index (χ4v) is 5.47. The van der Waals surface area contributed by atoms with E-state index in [-0.39, 0.29) is 24.8 Å². The van der Waals surface area contributed by atoms with Gasteiger partial charge in [0.05, 0.1) is 6.54 Å². The topological polar surface area (TPSA) is 102 Å². The molecule has 0 aromatic heterocycles. The molecule has 2 N–H and O–H groups in total. The van der Waals surface area contributed by atoms with Gasteiger partial charge in [-0.25, -0.2) is 0 Å². The van der Waals surface area contributed by atoms with E-state index in [2.05, 4.69) is 34.2 Å². The fraction of sp³-hybridized carbons (Fsp3) is 0.483. The van der Waals surface area contributed by atoms with E-state index < -0.39 is 18.2 Å². The Kier molecular flexibility index (Phi) is 8.06. The van der Waals surface area contributed by atoms with Crippen LogP contribution in [0.5, 0.6) is 5.75 Å². The van der Waals surface area contributed by atoms with E-state index >= 15 is 0 Å². The lowest BCUT2D eigenvalue weighted by Gasteiger charge is -2.38. The molecule has 2 unspecified atom stereocenters. The average molecular weight is 521 g/mol. The third-order valence-corrected chi connectivity index (χ3v) is 7.71. The zero-order valence-corrected chi connectivity index (χ0v) is 21.9. The van der Waals surface area contributed by atoms with Crippen LogP contribution in [-0.2, 0) is 29.3 Å². The number of hydrogen-bond acceptors (Lipinski definition) is 7. The lowest BCUT2D eigenvalue weighted by Crippen LogP contribution is -2.52. The van der Waals surface area contributed by atoms with Crippen LogP contribution in [-0.4, -0.2) is 76.0 Å². The first-order valence-electron chi connectivity index (χ1n) is 13.5. The van der Waals surface area contributed by atoms with Gasteiger partial charge in [-0.15, -0.1) is 0 Å². The van der Waals surface area contributed by atoms with E-state index in [9.17, 15) is 19.5 Å². The van der Waals surface area contributed by atoms with Crippen molar-refractivity contribution in [2.75, 3.05) is 26.2 Å². The van der Waals surface area contributed by atoms with Crippen LogP contribution in [0.25, 0.3) is 0 Å². The summed E-state index contributed by atoms with van der Waals surface area (Å²) in [5.74, 6) is -0.295. The molecule has 5 rings (SSSR count). The average Bonchev–Trinajstić information content (AvgIpc) is 3.24. The number of rotatable bonds is 9. The zero-order chi connectivity index (χ0) is 26.6. The van der Waals surface area contributed by atoms with Crippen molar-refractivity contribution in [2.24, 2.45) is 0 Å². The number of piperazine rings is 1. The molecule has 0 saturated carbocycles. The summed E-state index contributed by atoms with van der Waals surface area (Å²) in [6, 6.07) is 13.0. The highest BCUT2D eigenvalue weighted by Gasteiger charge is 2.40. The normalized spacial score (nSPS) is 22.5. The smallest absolute Gasteiger partial charge is 0.255 e. The maximum absolute atomic E-state index is 13.0. The van der Waals surface area contributed by atoms with E-state index in [1.165, 1.54) is 10.5 Å². The Morgan fingerprint density at radius 3 is 2.58 bits per heavy atom. The summed E-state index contributed by atoms with van der Waals surface area (Å²) in [6.07, 6.45) is 2.40. The standard InChI is InChI=1S/C29H36N4O5/c1-2-3-13-32-15-14-31(18-27(32)35)16-20-7-9-21(10-8-20)19-38-25-6-4-5-22-23(25)17-33(29(22)37)24-11-12-26(34)30-28(24)36/h4-10,24,27,35H,2-3,11-19H2,1H3,(H,30,34,36). The first kappa shape index (κ1) is 26.3. The second kappa shape index (κ2) is 11.6. The van der Waals surface area contributed by atoms with Gasteiger partial charge >= 0.3 is 0 Å². The van der Waals surface area contributed by atoms with Gasteiger partial charge < -0.3 is 14.7 Å². The Morgan fingerprint density at radius 1 is 1.05 bits per heavy atom. The van der Waals surface area contributed by atoms with E-state index in [4.69, 9.17) is 4.74 Å². The molecule has 0 spiro atoms. The number of unbranched alkanes of at least 4 members (excludes halogenated alkanes) is 1. The van der Waals surface area contributed by atoms with E-state index in [1.807, 2.05) is 18.2 Å². The minimum absolute atomic E-state index is 0.208. The number of carbonyl (C=O) groups is 3. The Hall–Kier alpha value is -3.27. The highest BCUT2D eigenvalue weighted by Crippen LogP contribution is 2.34. The SMILES string of the molecule is CCCCN1CCN(Cc2ccc(COc3cccc4c3CN(C3CCC(=O)NC3=O)C4=O)cc2)CC1O. The van der Waals surface area contributed by atoms with Gasteiger partial charge in [0, 0.05) is 50.3 Å². The van der Waals surface area contributed by atoms with E-state index in [0.29, 0.717) is 30.9 Å². The largest absolute Gasteiger partial charge is 0.489 e. The second-order valence-corrected chi connectivity index (χ2v) is 10.4. The summed E-state index contributed by atoms with van der Waals surface area (Å²) in [5, 5.41) is 12.8. The molecule has 3 aliphatic rings. The molecule has 3 heterocycles. The number of amides is 3. The van der Waals surface area contributed by atoms with Crippen molar-refractivity contribution in [1.82, 2.24) is 20.0 Å². The van der Waals surface area contributed by atoms with E-state index in [0.717, 1.165) is 50.1 Å². The number of nitrogens with zero attached hydrogens (tertiary/aromatic N) is 3.